The molecule has 0 bridgehead atoms. The van der Waals surface area contributed by atoms with E-state index in [0.717, 1.165) is 0 Å². The molecule has 0 radical (unpaired) electrons. The summed E-state index contributed by atoms with van der Waals surface area (Å²) in [4.78, 5) is 34.1. The number of nitrogens with one attached hydrogen (secondary N) is 1. The van der Waals surface area contributed by atoms with Crippen LogP contribution in [0.2, 0.25) is 0 Å². The van der Waals surface area contributed by atoms with Gasteiger partial charge >= 0.3 is 5.97 Å². The number of non-ortho nitro benzene ring substituents is 1. The van der Waals surface area contributed by atoms with E-state index < -0.39 is 28.9 Å². The van der Waals surface area contributed by atoms with Crippen LogP contribution in [0.15, 0.2) is 54.6 Å². The van der Waals surface area contributed by atoms with E-state index in [-0.39, 0.29) is 12.1 Å². The molecule has 0 aliphatic carbocycles. The molecule has 0 aliphatic rings. The number of methoxy groups -OCH3 is 1. The fraction of sp³-hybridized carbons (Fsp3) is 0.222. The van der Waals surface area contributed by atoms with Crippen LogP contribution in [0.5, 0.6) is 0 Å². The number of nitro groups is 1. The van der Waals surface area contributed by atoms with Gasteiger partial charge in [-0.2, -0.15) is 0 Å². The van der Waals surface area contributed by atoms with Crippen LogP contribution in [0.1, 0.15) is 17.2 Å². The Bertz CT molecular complexity index is 776. The lowest BCUT2D eigenvalue weighted by molar-refractivity contribution is -0.384. The van der Waals surface area contributed by atoms with E-state index in [4.69, 9.17) is 4.74 Å². The first-order chi connectivity index (χ1) is 12.4. The van der Waals surface area contributed by atoms with Crippen LogP contribution in [0.3, 0.4) is 0 Å². The van der Waals surface area contributed by atoms with Gasteiger partial charge in [0.1, 0.15) is 6.04 Å². The lowest BCUT2D eigenvalue weighted by Gasteiger charge is -2.20. The maximum Gasteiger partial charge on any atom is 0.326 e. The van der Waals surface area contributed by atoms with Crippen LogP contribution in [0.4, 0.5) is 5.69 Å². The Morgan fingerprint density at radius 1 is 1.15 bits per heavy atom. The topological polar surface area (TPSA) is 119 Å². The van der Waals surface area contributed by atoms with E-state index in [1.54, 1.807) is 30.3 Å². The summed E-state index contributed by atoms with van der Waals surface area (Å²) < 4.78 is 5.19. The van der Waals surface area contributed by atoms with Gasteiger partial charge < -0.3 is 15.2 Å². The van der Waals surface area contributed by atoms with E-state index in [1.807, 2.05) is 0 Å². The second-order valence-corrected chi connectivity index (χ2v) is 5.55. The van der Waals surface area contributed by atoms with Gasteiger partial charge in [0.05, 0.1) is 4.92 Å². The summed E-state index contributed by atoms with van der Waals surface area (Å²) in [5, 5.41) is 22.5. The molecular formula is C18H18N2O6. The number of hydrogen-bond donors (Lipinski definition) is 2. The van der Waals surface area contributed by atoms with Crippen molar-refractivity contribution >= 4 is 17.6 Å². The molecule has 0 aromatic heterocycles. The average Bonchev–Trinajstić information content (AvgIpc) is 2.63. The zero-order valence-corrected chi connectivity index (χ0v) is 14.0. The number of nitro benzene ring substituents is 1. The summed E-state index contributed by atoms with van der Waals surface area (Å²) in [6.07, 6.45) is -0.945. The minimum atomic E-state index is -1.21. The molecule has 0 unspecified atom stereocenters. The second kappa shape index (κ2) is 8.72. The number of carbonyl (C=O) groups is 2. The third-order valence-electron chi connectivity index (χ3n) is 3.78. The van der Waals surface area contributed by atoms with Crippen molar-refractivity contribution in [3.63, 3.8) is 0 Å². The van der Waals surface area contributed by atoms with Gasteiger partial charge in [0.2, 0.25) is 0 Å². The van der Waals surface area contributed by atoms with Crippen LogP contribution in [0, 0.1) is 10.1 Å². The predicted octanol–water partition coefficient (Wildman–Crippen LogP) is 2.09. The maximum atomic E-state index is 12.4. The number of carbonyl (C=O) groups excluding carboxylic acids is 1. The van der Waals surface area contributed by atoms with Gasteiger partial charge in [-0.15, -0.1) is 0 Å². The Morgan fingerprint density at radius 2 is 1.77 bits per heavy atom. The van der Waals surface area contributed by atoms with Crippen LogP contribution >= 0.6 is 0 Å². The van der Waals surface area contributed by atoms with Gasteiger partial charge in [-0.05, 0) is 11.1 Å². The first-order valence-electron chi connectivity index (χ1n) is 7.76. The number of amides is 1. The van der Waals surface area contributed by atoms with Crippen molar-refractivity contribution in [2.24, 2.45) is 0 Å². The predicted molar refractivity (Wildman–Crippen MR) is 92.6 cm³/mol. The molecule has 2 aromatic carbocycles. The van der Waals surface area contributed by atoms with Gasteiger partial charge in [0, 0.05) is 25.7 Å². The normalized spacial score (nSPS) is 12.8. The monoisotopic (exact) mass is 358 g/mol. The van der Waals surface area contributed by atoms with E-state index in [9.17, 15) is 24.8 Å². The van der Waals surface area contributed by atoms with Crippen LogP contribution in [-0.2, 0) is 20.7 Å². The molecule has 0 saturated carbocycles. The number of carboxylic acids is 1. The van der Waals surface area contributed by atoms with Crippen LogP contribution in [-0.4, -0.2) is 35.1 Å². The minimum absolute atomic E-state index is 0.00963. The molecule has 1 amide bonds. The number of carboxylic acid groups (broad SMARTS) is 1. The zero-order chi connectivity index (χ0) is 19.1. The van der Waals surface area contributed by atoms with Gasteiger partial charge in [-0.3, -0.25) is 14.9 Å². The lowest BCUT2D eigenvalue weighted by Crippen LogP contribution is -2.44. The first-order valence-corrected chi connectivity index (χ1v) is 7.76. The SMILES string of the molecule is CO[C@H](C(=O)N[C@H](Cc1ccc([N+](=O)[O-])cc1)C(=O)O)c1ccccc1. The number of aliphatic carboxylic acids is 1. The van der Waals surface area contributed by atoms with Crippen molar-refractivity contribution in [3.05, 3.63) is 75.8 Å². The molecule has 2 N–H and O–H groups in total. The Hall–Kier alpha value is -3.26. The highest BCUT2D eigenvalue weighted by atomic mass is 16.6. The van der Waals surface area contributed by atoms with Gasteiger partial charge in [-0.25, -0.2) is 4.79 Å². The standard InChI is InChI=1S/C18H18N2O6/c1-26-16(13-5-3-2-4-6-13)17(21)19-15(18(22)23)11-12-7-9-14(10-8-12)20(24)25/h2-10,15-16H,11H2,1H3,(H,19,21)(H,22,23)/t15-,16+/m1/s1. The summed E-state index contributed by atoms with van der Waals surface area (Å²) >= 11 is 0. The quantitative estimate of drug-likeness (QED) is 0.551. The summed E-state index contributed by atoms with van der Waals surface area (Å²) in [7, 11) is 1.36. The van der Waals surface area contributed by atoms with E-state index in [0.29, 0.717) is 11.1 Å². The molecule has 2 atom stereocenters. The maximum absolute atomic E-state index is 12.4. The molecule has 8 nitrogen and oxygen atoms in total. The third-order valence-corrected chi connectivity index (χ3v) is 3.78. The highest BCUT2D eigenvalue weighted by molar-refractivity contribution is 5.87. The molecule has 0 heterocycles. The fourth-order valence-electron chi connectivity index (χ4n) is 2.46. The summed E-state index contributed by atoms with van der Waals surface area (Å²) in [6.45, 7) is 0. The van der Waals surface area contributed by atoms with E-state index in [2.05, 4.69) is 5.32 Å². The number of hydrogen-bond acceptors (Lipinski definition) is 5. The van der Waals surface area contributed by atoms with Crippen molar-refractivity contribution in [2.75, 3.05) is 7.11 Å². The minimum Gasteiger partial charge on any atom is -0.480 e. The van der Waals surface area contributed by atoms with E-state index >= 15 is 0 Å². The first kappa shape index (κ1) is 19.1. The highest BCUT2D eigenvalue weighted by Crippen LogP contribution is 2.17. The molecule has 0 spiro atoms. The number of nitrogens with zero attached hydrogens (tertiary/aromatic N) is 1. The third kappa shape index (κ3) is 4.87. The second-order valence-electron chi connectivity index (χ2n) is 5.55. The molecule has 0 saturated heterocycles. The molecule has 8 heteroatoms. The van der Waals surface area contributed by atoms with Crippen molar-refractivity contribution < 1.29 is 24.4 Å². The van der Waals surface area contributed by atoms with Crippen LogP contribution in [0.25, 0.3) is 0 Å². The molecule has 0 aliphatic heterocycles. The molecular weight excluding hydrogens is 340 g/mol. The average molecular weight is 358 g/mol. The van der Waals surface area contributed by atoms with Gasteiger partial charge in [0.25, 0.3) is 11.6 Å². The Balaban J connectivity index is 2.10. The van der Waals surface area contributed by atoms with Crippen LogP contribution < -0.4 is 5.32 Å². The van der Waals surface area contributed by atoms with Crippen molar-refractivity contribution in [2.45, 2.75) is 18.6 Å². The Kier molecular flexibility index (Phi) is 6.40. The van der Waals surface area contributed by atoms with Crippen molar-refractivity contribution in [1.82, 2.24) is 5.32 Å². The molecule has 2 rings (SSSR count). The Labute approximate surface area is 149 Å². The number of rotatable bonds is 8. The molecule has 0 fully saturated rings. The smallest absolute Gasteiger partial charge is 0.326 e. The summed E-state index contributed by atoms with van der Waals surface area (Å²) in [5.41, 5.74) is 1.07. The largest absolute Gasteiger partial charge is 0.480 e. The zero-order valence-electron chi connectivity index (χ0n) is 14.0. The van der Waals surface area contributed by atoms with Crippen molar-refractivity contribution in [1.29, 1.82) is 0 Å². The van der Waals surface area contributed by atoms with Crippen molar-refractivity contribution in [3.8, 4) is 0 Å². The van der Waals surface area contributed by atoms with Gasteiger partial charge in [0.15, 0.2) is 6.10 Å². The number of ether oxygens (including phenoxy) is 1. The Morgan fingerprint density at radius 3 is 2.27 bits per heavy atom. The van der Waals surface area contributed by atoms with Gasteiger partial charge in [-0.1, -0.05) is 42.5 Å². The fourth-order valence-corrected chi connectivity index (χ4v) is 2.46. The lowest BCUT2D eigenvalue weighted by atomic mass is 10.0. The summed E-state index contributed by atoms with van der Waals surface area (Å²) in [5.74, 6) is -1.78. The molecule has 136 valence electrons. The highest BCUT2D eigenvalue weighted by Gasteiger charge is 2.26. The molecule has 26 heavy (non-hydrogen) atoms. The number of benzene rings is 2. The van der Waals surface area contributed by atoms with E-state index in [1.165, 1.54) is 31.4 Å². The summed E-state index contributed by atoms with van der Waals surface area (Å²) in [6, 6.07) is 13.0. The molecule has 2 aromatic rings.